The Morgan fingerprint density at radius 1 is 1.17 bits per heavy atom. The Kier molecular flexibility index (Phi) is 4.32. The molecule has 0 bridgehead atoms. The SMILES string of the molecule is CC(=O)CCC(=O)N1CCC(n2c(=O)[nH]c3ccccc32)CC1. The minimum atomic E-state index is -0.0902. The molecular weight excluding hydrogens is 294 g/mol. The van der Waals surface area contributed by atoms with E-state index >= 15 is 0 Å². The average Bonchev–Trinajstić information content (AvgIpc) is 2.88. The van der Waals surface area contributed by atoms with Crippen LogP contribution in [0.5, 0.6) is 0 Å². The fourth-order valence-corrected chi connectivity index (χ4v) is 3.25. The molecule has 2 heterocycles. The number of aromatic amines is 1. The summed E-state index contributed by atoms with van der Waals surface area (Å²) in [6, 6.07) is 7.77. The number of hydrogen-bond donors (Lipinski definition) is 1. The van der Waals surface area contributed by atoms with E-state index in [2.05, 4.69) is 4.98 Å². The van der Waals surface area contributed by atoms with E-state index in [1.807, 2.05) is 28.8 Å². The molecule has 6 heteroatoms. The third kappa shape index (κ3) is 3.21. The quantitative estimate of drug-likeness (QED) is 0.936. The van der Waals surface area contributed by atoms with Gasteiger partial charge in [-0.05, 0) is 31.9 Å². The van der Waals surface area contributed by atoms with Crippen molar-refractivity contribution in [3.05, 3.63) is 34.7 Å². The predicted octanol–water partition coefficient (Wildman–Crippen LogP) is 1.86. The smallest absolute Gasteiger partial charge is 0.326 e. The number of fused-ring (bicyclic) bond motifs is 1. The number of nitrogens with zero attached hydrogens (tertiary/aromatic N) is 2. The van der Waals surface area contributed by atoms with E-state index in [1.54, 1.807) is 4.90 Å². The van der Waals surface area contributed by atoms with Gasteiger partial charge in [-0.25, -0.2) is 4.79 Å². The molecule has 1 aliphatic rings. The van der Waals surface area contributed by atoms with Gasteiger partial charge in [0.15, 0.2) is 0 Å². The number of H-pyrrole nitrogens is 1. The number of carbonyl (C=O) groups is 2. The summed E-state index contributed by atoms with van der Waals surface area (Å²) >= 11 is 0. The lowest BCUT2D eigenvalue weighted by Gasteiger charge is -2.32. The molecule has 1 aromatic heterocycles. The molecule has 6 nitrogen and oxygen atoms in total. The topological polar surface area (TPSA) is 75.2 Å². The first-order chi connectivity index (χ1) is 11.1. The van der Waals surface area contributed by atoms with Crippen molar-refractivity contribution < 1.29 is 9.59 Å². The molecule has 1 fully saturated rings. The van der Waals surface area contributed by atoms with Crippen molar-refractivity contribution in [2.24, 2.45) is 0 Å². The Labute approximate surface area is 134 Å². The second-order valence-electron chi connectivity index (χ2n) is 6.13. The summed E-state index contributed by atoms with van der Waals surface area (Å²) in [7, 11) is 0. The first kappa shape index (κ1) is 15.5. The number of nitrogens with one attached hydrogen (secondary N) is 1. The van der Waals surface area contributed by atoms with Gasteiger partial charge in [0.1, 0.15) is 5.78 Å². The lowest BCUT2D eigenvalue weighted by Crippen LogP contribution is -2.40. The summed E-state index contributed by atoms with van der Waals surface area (Å²) in [5, 5.41) is 0. The molecule has 1 aromatic carbocycles. The van der Waals surface area contributed by atoms with Crippen LogP contribution in [0.25, 0.3) is 11.0 Å². The van der Waals surface area contributed by atoms with Crippen LogP contribution in [-0.4, -0.2) is 39.2 Å². The summed E-state index contributed by atoms with van der Waals surface area (Å²) in [6.45, 7) is 2.77. The fraction of sp³-hybridized carbons (Fsp3) is 0.471. The summed E-state index contributed by atoms with van der Waals surface area (Å²) in [5.41, 5.74) is 1.67. The summed E-state index contributed by atoms with van der Waals surface area (Å²) < 4.78 is 1.81. The van der Waals surface area contributed by atoms with Crippen LogP contribution in [-0.2, 0) is 9.59 Å². The van der Waals surface area contributed by atoms with E-state index in [0.717, 1.165) is 23.9 Å². The third-order valence-corrected chi connectivity index (χ3v) is 4.50. The Morgan fingerprint density at radius 3 is 2.57 bits per heavy atom. The number of likely N-dealkylation sites (tertiary alicyclic amines) is 1. The number of ketones is 1. The molecule has 1 amide bonds. The molecule has 2 aromatic rings. The molecule has 0 atom stereocenters. The molecule has 0 aliphatic carbocycles. The highest BCUT2D eigenvalue weighted by Gasteiger charge is 2.25. The molecule has 1 N–H and O–H groups in total. The second-order valence-corrected chi connectivity index (χ2v) is 6.13. The Bertz CT molecular complexity index is 782. The summed E-state index contributed by atoms with van der Waals surface area (Å²) in [5.74, 6) is 0.0727. The molecule has 1 aliphatic heterocycles. The van der Waals surface area contributed by atoms with E-state index in [4.69, 9.17) is 0 Å². The van der Waals surface area contributed by atoms with Crippen molar-refractivity contribution in [2.75, 3.05) is 13.1 Å². The number of rotatable bonds is 4. The van der Waals surface area contributed by atoms with Gasteiger partial charge in [-0.2, -0.15) is 0 Å². The third-order valence-electron chi connectivity index (χ3n) is 4.50. The van der Waals surface area contributed by atoms with Gasteiger partial charge >= 0.3 is 5.69 Å². The number of aromatic nitrogens is 2. The lowest BCUT2D eigenvalue weighted by atomic mass is 10.0. The molecular formula is C17H21N3O3. The summed E-state index contributed by atoms with van der Waals surface area (Å²) in [4.78, 5) is 40.0. The van der Waals surface area contributed by atoms with Crippen LogP contribution in [0, 0.1) is 0 Å². The molecule has 0 spiro atoms. The van der Waals surface area contributed by atoms with Gasteiger partial charge in [-0.15, -0.1) is 0 Å². The Balaban J connectivity index is 1.69. The average molecular weight is 315 g/mol. The fourth-order valence-electron chi connectivity index (χ4n) is 3.25. The van der Waals surface area contributed by atoms with Crippen LogP contribution in [0.15, 0.2) is 29.1 Å². The minimum absolute atomic E-state index is 0.0323. The van der Waals surface area contributed by atoms with Crippen molar-refractivity contribution in [3.8, 4) is 0 Å². The second kappa shape index (κ2) is 6.40. The zero-order chi connectivity index (χ0) is 16.4. The van der Waals surface area contributed by atoms with Crippen molar-refractivity contribution in [2.45, 2.75) is 38.6 Å². The highest BCUT2D eigenvalue weighted by molar-refractivity contribution is 5.83. The van der Waals surface area contributed by atoms with Gasteiger partial charge in [0.25, 0.3) is 0 Å². The zero-order valence-corrected chi connectivity index (χ0v) is 13.2. The van der Waals surface area contributed by atoms with Crippen LogP contribution < -0.4 is 5.69 Å². The number of amides is 1. The Hall–Kier alpha value is -2.37. The van der Waals surface area contributed by atoms with Gasteiger partial charge in [0, 0.05) is 32.0 Å². The minimum Gasteiger partial charge on any atom is -0.343 e. The van der Waals surface area contributed by atoms with E-state index in [1.165, 1.54) is 6.92 Å². The van der Waals surface area contributed by atoms with Gasteiger partial charge in [-0.1, -0.05) is 12.1 Å². The molecule has 23 heavy (non-hydrogen) atoms. The van der Waals surface area contributed by atoms with Gasteiger partial charge in [-0.3, -0.25) is 9.36 Å². The van der Waals surface area contributed by atoms with Crippen LogP contribution >= 0.6 is 0 Å². The van der Waals surface area contributed by atoms with E-state index in [-0.39, 0.29) is 29.8 Å². The maximum atomic E-state index is 12.2. The maximum absolute atomic E-state index is 12.2. The first-order valence-electron chi connectivity index (χ1n) is 8.02. The predicted molar refractivity (Wildman–Crippen MR) is 87.3 cm³/mol. The number of hydrogen-bond acceptors (Lipinski definition) is 3. The van der Waals surface area contributed by atoms with Gasteiger partial charge < -0.3 is 14.7 Å². The first-order valence-corrected chi connectivity index (χ1v) is 8.02. The van der Waals surface area contributed by atoms with Gasteiger partial charge in [0.05, 0.1) is 11.0 Å². The van der Waals surface area contributed by atoms with E-state index < -0.39 is 0 Å². The largest absolute Gasteiger partial charge is 0.343 e. The van der Waals surface area contributed by atoms with Crippen molar-refractivity contribution in [1.82, 2.24) is 14.5 Å². The molecule has 0 radical (unpaired) electrons. The highest BCUT2D eigenvalue weighted by atomic mass is 16.2. The lowest BCUT2D eigenvalue weighted by molar-refractivity contribution is -0.134. The van der Waals surface area contributed by atoms with Crippen molar-refractivity contribution in [3.63, 3.8) is 0 Å². The number of imidazole rings is 1. The molecule has 3 rings (SSSR count). The normalized spacial score (nSPS) is 16.0. The van der Waals surface area contributed by atoms with Crippen LogP contribution in [0.3, 0.4) is 0 Å². The molecule has 0 saturated carbocycles. The number of carbonyl (C=O) groups excluding carboxylic acids is 2. The standard InChI is InChI=1S/C17H21N3O3/c1-12(21)6-7-16(22)19-10-8-13(9-11-19)20-15-5-3-2-4-14(15)18-17(20)23/h2-5,13H,6-11H2,1H3,(H,18,23). The van der Waals surface area contributed by atoms with Crippen molar-refractivity contribution in [1.29, 1.82) is 0 Å². The maximum Gasteiger partial charge on any atom is 0.326 e. The summed E-state index contributed by atoms with van der Waals surface area (Å²) in [6.07, 6.45) is 2.11. The van der Waals surface area contributed by atoms with Gasteiger partial charge in [0.2, 0.25) is 5.91 Å². The van der Waals surface area contributed by atoms with E-state index in [9.17, 15) is 14.4 Å². The van der Waals surface area contributed by atoms with Crippen LogP contribution in [0.2, 0.25) is 0 Å². The highest BCUT2D eigenvalue weighted by Crippen LogP contribution is 2.25. The molecule has 1 saturated heterocycles. The van der Waals surface area contributed by atoms with Crippen molar-refractivity contribution >= 4 is 22.7 Å². The number of para-hydroxylation sites is 2. The molecule has 122 valence electrons. The molecule has 0 unspecified atom stereocenters. The number of Topliss-reactive ketones (excluding diaryl/α,β-unsaturated/α-hetero) is 1. The van der Waals surface area contributed by atoms with E-state index in [0.29, 0.717) is 19.5 Å². The Morgan fingerprint density at radius 2 is 1.87 bits per heavy atom. The monoisotopic (exact) mass is 315 g/mol. The zero-order valence-electron chi connectivity index (χ0n) is 13.2. The number of piperidine rings is 1. The number of benzene rings is 1. The van der Waals surface area contributed by atoms with Crippen LogP contribution in [0.1, 0.15) is 38.6 Å². The van der Waals surface area contributed by atoms with Crippen LogP contribution in [0.4, 0.5) is 0 Å².